The van der Waals surface area contributed by atoms with Crippen LogP contribution in [0, 0.1) is 0 Å². The quantitative estimate of drug-likeness (QED) is 0.891. The van der Waals surface area contributed by atoms with Gasteiger partial charge in [0.15, 0.2) is 0 Å². The number of rotatable bonds is 3. The molecular weight excluding hydrogens is 318 g/mol. The number of carbonyl (C=O) groups is 1. The molecule has 0 saturated carbocycles. The van der Waals surface area contributed by atoms with E-state index in [0.717, 1.165) is 12.8 Å². The maximum absolute atomic E-state index is 12.6. The minimum atomic E-state index is -3.50. The predicted molar refractivity (Wildman–Crippen MR) is 84.7 cm³/mol. The SMILES string of the molecule is C[C@H]1CN(C(=O)c2cc(S(=O)(=O)N3CCCC3)c[nH]2)C[C@H](C)O1. The standard InChI is InChI=1S/C15H23N3O4S/c1-11-9-17(10-12(2)22-11)15(19)14-7-13(8-16-14)23(20,21)18-5-3-4-6-18/h7-8,11-12,16H,3-6,9-10H2,1-2H3/t11-,12-/m0/s1. The minimum Gasteiger partial charge on any atom is -0.372 e. The molecule has 128 valence electrons. The van der Waals surface area contributed by atoms with Crippen LogP contribution in [0.4, 0.5) is 0 Å². The molecule has 2 saturated heterocycles. The first kappa shape index (κ1) is 16.5. The van der Waals surface area contributed by atoms with Crippen molar-refractivity contribution in [2.24, 2.45) is 0 Å². The molecule has 0 radical (unpaired) electrons. The van der Waals surface area contributed by atoms with E-state index in [1.54, 1.807) is 4.90 Å². The van der Waals surface area contributed by atoms with Crippen LogP contribution in [-0.2, 0) is 14.8 Å². The van der Waals surface area contributed by atoms with Crippen molar-refractivity contribution in [3.8, 4) is 0 Å². The molecule has 0 aliphatic carbocycles. The molecule has 7 nitrogen and oxygen atoms in total. The fourth-order valence-electron chi connectivity index (χ4n) is 3.24. The van der Waals surface area contributed by atoms with Gasteiger partial charge in [-0.05, 0) is 32.8 Å². The summed E-state index contributed by atoms with van der Waals surface area (Å²) in [4.78, 5) is 17.3. The third-order valence-corrected chi connectivity index (χ3v) is 6.17. The summed E-state index contributed by atoms with van der Waals surface area (Å²) in [5.74, 6) is -0.185. The second-order valence-corrected chi connectivity index (χ2v) is 8.27. The number of carbonyl (C=O) groups excluding carboxylic acids is 1. The number of aromatic nitrogens is 1. The molecule has 0 aromatic carbocycles. The Balaban J connectivity index is 1.77. The Labute approximate surface area is 136 Å². The molecule has 23 heavy (non-hydrogen) atoms. The monoisotopic (exact) mass is 341 g/mol. The number of ether oxygens (including phenoxy) is 1. The van der Waals surface area contributed by atoms with E-state index < -0.39 is 10.0 Å². The van der Waals surface area contributed by atoms with Crippen LogP contribution in [0.3, 0.4) is 0 Å². The molecule has 1 aromatic rings. The van der Waals surface area contributed by atoms with E-state index in [4.69, 9.17) is 4.74 Å². The van der Waals surface area contributed by atoms with Crippen LogP contribution in [-0.4, -0.2) is 66.9 Å². The number of sulfonamides is 1. The topological polar surface area (TPSA) is 82.7 Å². The third kappa shape index (κ3) is 3.29. The van der Waals surface area contributed by atoms with Crippen molar-refractivity contribution >= 4 is 15.9 Å². The Kier molecular flexibility index (Phi) is 4.48. The van der Waals surface area contributed by atoms with E-state index in [-0.39, 0.29) is 23.0 Å². The smallest absolute Gasteiger partial charge is 0.270 e. The molecule has 1 aromatic heterocycles. The van der Waals surface area contributed by atoms with Crippen LogP contribution in [0.1, 0.15) is 37.2 Å². The fourth-order valence-corrected chi connectivity index (χ4v) is 4.75. The lowest BCUT2D eigenvalue weighted by atomic mass is 10.2. The number of hydrogen-bond acceptors (Lipinski definition) is 4. The van der Waals surface area contributed by atoms with Crippen LogP contribution in [0.25, 0.3) is 0 Å². The van der Waals surface area contributed by atoms with E-state index >= 15 is 0 Å². The Morgan fingerprint density at radius 1 is 1.22 bits per heavy atom. The first-order chi connectivity index (χ1) is 10.9. The Morgan fingerprint density at radius 2 is 1.83 bits per heavy atom. The van der Waals surface area contributed by atoms with E-state index in [2.05, 4.69) is 4.98 Å². The van der Waals surface area contributed by atoms with Crippen molar-refractivity contribution in [3.05, 3.63) is 18.0 Å². The average Bonchev–Trinajstić information content (AvgIpc) is 3.17. The lowest BCUT2D eigenvalue weighted by molar-refractivity contribution is -0.0587. The van der Waals surface area contributed by atoms with Gasteiger partial charge >= 0.3 is 0 Å². The molecular formula is C15H23N3O4S. The number of aromatic amines is 1. The molecule has 0 bridgehead atoms. The van der Waals surface area contributed by atoms with E-state index in [1.165, 1.54) is 16.6 Å². The maximum Gasteiger partial charge on any atom is 0.270 e. The highest BCUT2D eigenvalue weighted by Crippen LogP contribution is 2.22. The highest BCUT2D eigenvalue weighted by Gasteiger charge is 2.31. The summed E-state index contributed by atoms with van der Waals surface area (Å²) in [6.45, 7) is 5.97. The number of hydrogen-bond donors (Lipinski definition) is 1. The summed E-state index contributed by atoms with van der Waals surface area (Å²) in [5.41, 5.74) is 0.309. The highest BCUT2D eigenvalue weighted by molar-refractivity contribution is 7.89. The molecule has 3 rings (SSSR count). The van der Waals surface area contributed by atoms with Crippen molar-refractivity contribution < 1.29 is 17.9 Å². The van der Waals surface area contributed by atoms with Gasteiger partial charge in [-0.3, -0.25) is 4.79 Å². The van der Waals surface area contributed by atoms with Gasteiger partial charge in [-0.2, -0.15) is 4.31 Å². The van der Waals surface area contributed by atoms with Gasteiger partial charge in [0.2, 0.25) is 10.0 Å². The van der Waals surface area contributed by atoms with Gasteiger partial charge in [0.1, 0.15) is 10.6 Å². The van der Waals surface area contributed by atoms with Gasteiger partial charge in [-0.25, -0.2) is 8.42 Å². The Morgan fingerprint density at radius 3 is 2.43 bits per heavy atom. The zero-order valence-corrected chi connectivity index (χ0v) is 14.3. The van der Waals surface area contributed by atoms with Crippen molar-refractivity contribution in [1.82, 2.24) is 14.2 Å². The van der Waals surface area contributed by atoms with Gasteiger partial charge in [0, 0.05) is 32.4 Å². The summed E-state index contributed by atoms with van der Waals surface area (Å²) >= 11 is 0. The summed E-state index contributed by atoms with van der Waals surface area (Å²) in [6.07, 6.45) is 3.14. The van der Waals surface area contributed by atoms with Crippen LogP contribution in [0.15, 0.2) is 17.2 Å². The molecule has 8 heteroatoms. The number of morpholine rings is 1. The molecule has 2 aliphatic rings. The average molecular weight is 341 g/mol. The number of nitrogens with zero attached hydrogens (tertiary/aromatic N) is 2. The van der Waals surface area contributed by atoms with Crippen LogP contribution < -0.4 is 0 Å². The summed E-state index contributed by atoms with van der Waals surface area (Å²) in [6, 6.07) is 1.45. The molecule has 1 amide bonds. The predicted octanol–water partition coefficient (Wildman–Crippen LogP) is 1.05. The summed E-state index contributed by atoms with van der Waals surface area (Å²) in [5, 5.41) is 0. The van der Waals surface area contributed by atoms with Crippen molar-refractivity contribution in [3.63, 3.8) is 0 Å². The van der Waals surface area contributed by atoms with Gasteiger partial charge in [0.25, 0.3) is 5.91 Å². The lowest BCUT2D eigenvalue weighted by Gasteiger charge is -2.35. The van der Waals surface area contributed by atoms with Crippen LogP contribution in [0.5, 0.6) is 0 Å². The Hall–Kier alpha value is -1.38. The largest absolute Gasteiger partial charge is 0.372 e. The zero-order valence-electron chi connectivity index (χ0n) is 13.5. The number of nitrogens with one attached hydrogen (secondary N) is 1. The maximum atomic E-state index is 12.6. The fraction of sp³-hybridized carbons (Fsp3) is 0.667. The van der Waals surface area contributed by atoms with Crippen LogP contribution in [0.2, 0.25) is 0 Å². The zero-order chi connectivity index (χ0) is 16.6. The molecule has 2 aliphatic heterocycles. The minimum absolute atomic E-state index is 0.0227. The van der Waals surface area contributed by atoms with E-state index in [1.807, 2.05) is 13.8 Å². The molecule has 2 atom stereocenters. The molecule has 1 N–H and O–H groups in total. The van der Waals surface area contributed by atoms with E-state index in [0.29, 0.717) is 31.9 Å². The summed E-state index contributed by atoms with van der Waals surface area (Å²) < 4.78 is 32.1. The molecule has 0 spiro atoms. The number of H-pyrrole nitrogens is 1. The van der Waals surface area contributed by atoms with Gasteiger partial charge < -0.3 is 14.6 Å². The summed E-state index contributed by atoms with van der Waals surface area (Å²) in [7, 11) is -3.50. The van der Waals surface area contributed by atoms with Crippen molar-refractivity contribution in [2.75, 3.05) is 26.2 Å². The van der Waals surface area contributed by atoms with E-state index in [9.17, 15) is 13.2 Å². The third-order valence-electron chi connectivity index (χ3n) is 4.30. The second-order valence-electron chi connectivity index (χ2n) is 6.33. The molecule has 2 fully saturated rings. The van der Waals surface area contributed by atoms with Crippen molar-refractivity contribution in [2.45, 2.75) is 43.8 Å². The molecule has 3 heterocycles. The first-order valence-electron chi connectivity index (χ1n) is 8.01. The lowest BCUT2D eigenvalue weighted by Crippen LogP contribution is -2.48. The Bertz CT molecular complexity index is 669. The number of amides is 1. The van der Waals surface area contributed by atoms with Gasteiger partial charge in [-0.1, -0.05) is 0 Å². The van der Waals surface area contributed by atoms with Gasteiger partial charge in [-0.15, -0.1) is 0 Å². The second kappa shape index (κ2) is 6.26. The van der Waals surface area contributed by atoms with Crippen molar-refractivity contribution in [1.29, 1.82) is 0 Å². The first-order valence-corrected chi connectivity index (χ1v) is 9.45. The normalized spacial score (nSPS) is 26.6. The molecule has 0 unspecified atom stereocenters. The van der Waals surface area contributed by atoms with Crippen LogP contribution >= 0.6 is 0 Å². The van der Waals surface area contributed by atoms with Gasteiger partial charge in [0.05, 0.1) is 12.2 Å². The highest BCUT2D eigenvalue weighted by atomic mass is 32.2.